The summed E-state index contributed by atoms with van der Waals surface area (Å²) >= 11 is 5.05. The van der Waals surface area contributed by atoms with Crippen molar-refractivity contribution in [2.24, 2.45) is 0 Å². The molecule has 0 aromatic carbocycles. The van der Waals surface area contributed by atoms with Crippen molar-refractivity contribution in [3.63, 3.8) is 0 Å². The molecule has 1 saturated heterocycles. The normalized spacial score (nSPS) is 15.6. The second-order valence-electron chi connectivity index (χ2n) is 4.86. The van der Waals surface area contributed by atoms with Crippen LogP contribution in [0.5, 0.6) is 0 Å². The van der Waals surface area contributed by atoms with Gasteiger partial charge in [-0.1, -0.05) is 11.9 Å². The zero-order valence-corrected chi connectivity index (χ0v) is 14.5. The predicted molar refractivity (Wildman–Crippen MR) is 89.6 cm³/mol. The Hall–Kier alpha value is -0.500. The van der Waals surface area contributed by atoms with Crippen molar-refractivity contribution in [2.75, 3.05) is 56.3 Å². The molecule has 1 N–H and O–H groups in total. The van der Waals surface area contributed by atoms with Crippen molar-refractivity contribution in [2.45, 2.75) is 6.04 Å². The minimum Gasteiger partial charge on any atom is -0.383 e. The molecule has 1 fully saturated rings. The number of rotatable bonds is 7. The maximum Gasteiger partial charge on any atom is 0.153 e. The molecule has 7 heteroatoms. The highest BCUT2D eigenvalue weighted by molar-refractivity contribution is 9.10. The zero-order chi connectivity index (χ0) is 14.5. The third-order valence-electron chi connectivity index (χ3n) is 3.48. The molecule has 0 radical (unpaired) electrons. The summed E-state index contributed by atoms with van der Waals surface area (Å²) in [7, 11) is 3.89. The molecule has 5 nitrogen and oxygen atoms in total. The molecular weight excluding hydrogens is 340 g/mol. The first-order valence-electron chi connectivity index (χ1n) is 6.54. The quantitative estimate of drug-likeness (QED) is 0.752. The molecule has 2 rings (SSSR count). The van der Waals surface area contributed by atoms with Crippen LogP contribution >= 0.6 is 27.9 Å². The Morgan fingerprint density at radius 2 is 2.35 bits per heavy atom. The fraction of sp³-hybridized carbons (Fsp3) is 0.615. The predicted octanol–water partition coefficient (Wildman–Crippen LogP) is 2.30. The summed E-state index contributed by atoms with van der Waals surface area (Å²) in [5.41, 5.74) is 1.06. The zero-order valence-electron chi connectivity index (χ0n) is 12.1. The molecular formula is C13H21BrN4OS. The molecule has 0 saturated carbocycles. The highest BCUT2D eigenvalue weighted by atomic mass is 79.9. The highest BCUT2D eigenvalue weighted by Crippen LogP contribution is 2.31. The topological polar surface area (TPSA) is 40.6 Å². The lowest BCUT2D eigenvalue weighted by atomic mass is 10.1. The van der Waals surface area contributed by atoms with E-state index in [-0.39, 0.29) is 0 Å². The van der Waals surface area contributed by atoms with E-state index in [0.29, 0.717) is 6.04 Å². The van der Waals surface area contributed by atoms with Crippen LogP contribution in [0.4, 0.5) is 11.5 Å². The van der Waals surface area contributed by atoms with Gasteiger partial charge < -0.3 is 14.4 Å². The van der Waals surface area contributed by atoms with Gasteiger partial charge in [0, 0.05) is 49.7 Å². The van der Waals surface area contributed by atoms with Gasteiger partial charge >= 0.3 is 0 Å². The molecule has 1 aliphatic rings. The van der Waals surface area contributed by atoms with Crippen molar-refractivity contribution in [1.82, 2.24) is 9.88 Å². The van der Waals surface area contributed by atoms with Gasteiger partial charge in [-0.3, -0.25) is 4.90 Å². The Bertz CT molecular complexity index is 442. The van der Waals surface area contributed by atoms with E-state index in [1.54, 1.807) is 19.1 Å². The maximum atomic E-state index is 5.12. The van der Waals surface area contributed by atoms with Crippen LogP contribution in [0.2, 0.25) is 0 Å². The number of ether oxygens (including phenoxy) is 1. The number of pyridine rings is 1. The summed E-state index contributed by atoms with van der Waals surface area (Å²) in [5.74, 6) is 1.03. The van der Waals surface area contributed by atoms with E-state index in [0.717, 1.165) is 42.2 Å². The molecule has 0 amide bonds. The number of aromatic nitrogens is 1. The maximum absolute atomic E-state index is 5.12. The monoisotopic (exact) mass is 360 g/mol. The second kappa shape index (κ2) is 7.49. The number of nitrogens with one attached hydrogen (secondary N) is 1. The van der Waals surface area contributed by atoms with E-state index in [1.807, 2.05) is 12.5 Å². The van der Waals surface area contributed by atoms with Gasteiger partial charge in [0.1, 0.15) is 0 Å². The van der Waals surface area contributed by atoms with Gasteiger partial charge in [0.05, 0.1) is 12.3 Å². The van der Waals surface area contributed by atoms with Crippen molar-refractivity contribution in [3.05, 3.63) is 16.7 Å². The Kier molecular flexibility index (Phi) is 5.95. The van der Waals surface area contributed by atoms with Crippen LogP contribution < -0.4 is 9.62 Å². The van der Waals surface area contributed by atoms with Crippen LogP contribution in [-0.4, -0.2) is 62.6 Å². The van der Waals surface area contributed by atoms with Gasteiger partial charge in [-0.2, -0.15) is 0 Å². The number of hydrogen-bond acceptors (Lipinski definition) is 6. The van der Waals surface area contributed by atoms with Gasteiger partial charge in [0.2, 0.25) is 0 Å². The Labute approximate surface area is 133 Å². The summed E-state index contributed by atoms with van der Waals surface area (Å²) in [6.07, 6.45) is 3.87. The van der Waals surface area contributed by atoms with Crippen molar-refractivity contribution < 1.29 is 4.74 Å². The fourth-order valence-electron chi connectivity index (χ4n) is 2.19. The van der Waals surface area contributed by atoms with Gasteiger partial charge in [0.15, 0.2) is 5.82 Å². The van der Waals surface area contributed by atoms with Crippen molar-refractivity contribution >= 4 is 39.4 Å². The summed E-state index contributed by atoms with van der Waals surface area (Å²) in [4.78, 5) is 9.19. The molecule has 0 bridgehead atoms. The summed E-state index contributed by atoms with van der Waals surface area (Å²) in [6, 6.07) is 2.65. The molecule has 0 atom stereocenters. The SMILES string of the molecule is COCCN(C)C1CN(c2ncc(Br)cc2NSC)C1. The molecule has 1 aromatic rings. The fourth-order valence-corrected chi connectivity index (χ4v) is 2.90. The third-order valence-corrected chi connectivity index (χ3v) is 4.34. The van der Waals surface area contributed by atoms with Crippen LogP contribution in [-0.2, 0) is 4.74 Å². The first kappa shape index (κ1) is 15.9. The van der Waals surface area contributed by atoms with E-state index in [2.05, 4.69) is 48.5 Å². The third kappa shape index (κ3) is 3.78. The molecule has 0 spiro atoms. The van der Waals surface area contributed by atoms with Crippen LogP contribution in [0.1, 0.15) is 0 Å². The van der Waals surface area contributed by atoms with E-state index >= 15 is 0 Å². The van der Waals surface area contributed by atoms with Crippen LogP contribution in [0.25, 0.3) is 0 Å². The van der Waals surface area contributed by atoms with E-state index < -0.39 is 0 Å². The molecule has 1 aliphatic heterocycles. The molecule has 1 aromatic heterocycles. The summed E-state index contributed by atoms with van der Waals surface area (Å²) in [6.45, 7) is 3.78. The second-order valence-corrected chi connectivity index (χ2v) is 6.39. The van der Waals surface area contributed by atoms with Gasteiger partial charge in [-0.25, -0.2) is 4.98 Å². The standard InChI is InChI=1S/C13H21BrN4OS/c1-17(4-5-19-2)11-8-18(9-11)13-12(16-20-3)6-10(14)7-15-13/h6-7,11,16H,4-5,8-9H2,1-3H3. The summed E-state index contributed by atoms with van der Waals surface area (Å²) < 4.78 is 9.41. The molecule has 0 unspecified atom stereocenters. The lowest BCUT2D eigenvalue weighted by Gasteiger charge is -2.45. The van der Waals surface area contributed by atoms with Gasteiger partial charge in [-0.05, 0) is 29.0 Å². The Morgan fingerprint density at radius 3 is 3.00 bits per heavy atom. The number of anilines is 2. The van der Waals surface area contributed by atoms with Crippen LogP contribution in [0, 0.1) is 0 Å². The summed E-state index contributed by atoms with van der Waals surface area (Å²) in [5, 5.41) is 0. The first-order chi connectivity index (χ1) is 9.65. The highest BCUT2D eigenvalue weighted by Gasteiger charge is 2.31. The average molecular weight is 361 g/mol. The number of methoxy groups -OCH3 is 1. The molecule has 2 heterocycles. The smallest absolute Gasteiger partial charge is 0.153 e. The number of halogens is 1. The minimum atomic E-state index is 0.581. The number of likely N-dealkylation sites (N-methyl/N-ethyl adjacent to an activating group) is 1. The lowest BCUT2D eigenvalue weighted by molar-refractivity contribution is 0.127. The average Bonchev–Trinajstić information content (AvgIpc) is 2.37. The molecule has 112 valence electrons. The van der Waals surface area contributed by atoms with Crippen LogP contribution in [0.15, 0.2) is 16.7 Å². The molecule has 20 heavy (non-hydrogen) atoms. The van der Waals surface area contributed by atoms with E-state index in [9.17, 15) is 0 Å². The van der Waals surface area contributed by atoms with Gasteiger partial charge in [0.25, 0.3) is 0 Å². The van der Waals surface area contributed by atoms with Gasteiger partial charge in [-0.15, -0.1) is 0 Å². The van der Waals surface area contributed by atoms with Crippen LogP contribution in [0.3, 0.4) is 0 Å². The number of nitrogens with zero attached hydrogens (tertiary/aromatic N) is 3. The van der Waals surface area contributed by atoms with E-state index in [4.69, 9.17) is 4.74 Å². The Balaban J connectivity index is 1.95. The van der Waals surface area contributed by atoms with Crippen molar-refractivity contribution in [3.8, 4) is 0 Å². The first-order valence-corrected chi connectivity index (χ1v) is 8.56. The minimum absolute atomic E-state index is 0.581. The number of hydrogen-bond donors (Lipinski definition) is 1. The Morgan fingerprint density at radius 1 is 1.60 bits per heavy atom. The van der Waals surface area contributed by atoms with E-state index in [1.165, 1.54) is 0 Å². The lowest BCUT2D eigenvalue weighted by Crippen LogP contribution is -2.59. The molecule has 0 aliphatic carbocycles. The van der Waals surface area contributed by atoms with Crippen molar-refractivity contribution in [1.29, 1.82) is 0 Å². The largest absolute Gasteiger partial charge is 0.383 e.